The Balaban J connectivity index is 1.69. The second kappa shape index (κ2) is 8.99. The van der Waals surface area contributed by atoms with Crippen LogP contribution in [0.4, 0.5) is 0 Å². The van der Waals surface area contributed by atoms with Gasteiger partial charge in [0.05, 0.1) is 5.25 Å². The predicted molar refractivity (Wildman–Crippen MR) is 109 cm³/mol. The molecule has 2 amide bonds. The minimum atomic E-state index is -1.01. The van der Waals surface area contributed by atoms with Crippen LogP contribution in [0.15, 0.2) is 30.3 Å². The van der Waals surface area contributed by atoms with Crippen LogP contribution < -0.4 is 5.32 Å². The van der Waals surface area contributed by atoms with E-state index in [1.54, 1.807) is 0 Å². The van der Waals surface area contributed by atoms with Crippen LogP contribution >= 0.6 is 12.6 Å². The van der Waals surface area contributed by atoms with E-state index >= 15 is 0 Å². The lowest BCUT2D eigenvalue weighted by atomic mass is 9.90. The highest BCUT2D eigenvalue weighted by molar-refractivity contribution is 7.81. The molecule has 7 heteroatoms. The van der Waals surface area contributed by atoms with Crippen LogP contribution in [0, 0.1) is 0 Å². The summed E-state index contributed by atoms with van der Waals surface area (Å²) in [6.07, 6.45) is 6.31. The first-order valence-corrected chi connectivity index (χ1v) is 10.5. The SMILES string of the molecule is O=C(O)CN1C(=O)C(NC(=O)C(S)Cc2ccccc2)CCCC12CCCC2. The maximum Gasteiger partial charge on any atom is 0.323 e. The Kier molecular flexibility index (Phi) is 6.65. The molecule has 2 N–H and O–H groups in total. The average molecular weight is 405 g/mol. The van der Waals surface area contributed by atoms with Gasteiger partial charge in [-0.3, -0.25) is 14.4 Å². The van der Waals surface area contributed by atoms with Gasteiger partial charge in [-0.15, -0.1) is 0 Å². The summed E-state index contributed by atoms with van der Waals surface area (Å²) in [5.74, 6) is -1.57. The summed E-state index contributed by atoms with van der Waals surface area (Å²) in [7, 11) is 0. The maximum absolute atomic E-state index is 13.2. The van der Waals surface area contributed by atoms with E-state index in [0.29, 0.717) is 12.8 Å². The Morgan fingerprint density at radius 2 is 1.82 bits per heavy atom. The van der Waals surface area contributed by atoms with E-state index in [4.69, 9.17) is 0 Å². The quantitative estimate of drug-likeness (QED) is 0.636. The van der Waals surface area contributed by atoms with Gasteiger partial charge in [0.15, 0.2) is 0 Å². The summed E-state index contributed by atoms with van der Waals surface area (Å²) in [6, 6.07) is 8.92. The van der Waals surface area contributed by atoms with Crippen molar-refractivity contribution >= 4 is 30.4 Å². The first kappa shape index (κ1) is 20.7. The van der Waals surface area contributed by atoms with Gasteiger partial charge in [-0.2, -0.15) is 12.6 Å². The second-order valence-electron chi connectivity index (χ2n) is 7.91. The summed E-state index contributed by atoms with van der Waals surface area (Å²) in [6.45, 7) is -0.306. The van der Waals surface area contributed by atoms with Gasteiger partial charge in [-0.1, -0.05) is 43.2 Å². The predicted octanol–water partition coefficient (Wildman–Crippen LogP) is 2.42. The fourth-order valence-electron chi connectivity index (χ4n) is 4.58. The van der Waals surface area contributed by atoms with Crippen molar-refractivity contribution in [1.82, 2.24) is 10.2 Å². The summed E-state index contributed by atoms with van der Waals surface area (Å²) >= 11 is 4.42. The number of thiol groups is 1. The molecule has 3 rings (SSSR count). The van der Waals surface area contributed by atoms with Crippen molar-refractivity contribution in [3.8, 4) is 0 Å². The van der Waals surface area contributed by atoms with E-state index in [9.17, 15) is 19.5 Å². The van der Waals surface area contributed by atoms with Crippen molar-refractivity contribution in [1.29, 1.82) is 0 Å². The van der Waals surface area contributed by atoms with Gasteiger partial charge >= 0.3 is 5.97 Å². The third kappa shape index (κ3) is 4.69. The van der Waals surface area contributed by atoms with Gasteiger partial charge in [-0.25, -0.2) is 0 Å². The van der Waals surface area contributed by atoms with Crippen LogP contribution in [-0.4, -0.2) is 51.2 Å². The number of carbonyl (C=O) groups excluding carboxylic acids is 2. The minimum absolute atomic E-state index is 0.268. The molecule has 1 spiro atoms. The molecule has 2 aliphatic rings. The van der Waals surface area contributed by atoms with Crippen LogP contribution in [0.2, 0.25) is 0 Å². The fourth-order valence-corrected chi connectivity index (χ4v) is 4.87. The molecule has 1 saturated carbocycles. The number of nitrogens with one attached hydrogen (secondary N) is 1. The highest BCUT2D eigenvalue weighted by Crippen LogP contribution is 2.41. The molecule has 1 aromatic rings. The monoisotopic (exact) mass is 404 g/mol. The summed E-state index contributed by atoms with van der Waals surface area (Å²) < 4.78 is 0. The molecule has 0 bridgehead atoms. The molecule has 2 fully saturated rings. The van der Waals surface area contributed by atoms with Gasteiger partial charge in [0.25, 0.3) is 0 Å². The molecule has 28 heavy (non-hydrogen) atoms. The molecule has 2 unspecified atom stereocenters. The fraction of sp³-hybridized carbons (Fsp3) is 0.571. The molecule has 152 valence electrons. The Morgan fingerprint density at radius 3 is 2.46 bits per heavy atom. The van der Waals surface area contributed by atoms with E-state index < -0.39 is 17.3 Å². The number of carbonyl (C=O) groups is 3. The number of carboxylic acid groups (broad SMARTS) is 1. The molecule has 0 radical (unpaired) electrons. The lowest BCUT2D eigenvalue weighted by Gasteiger charge is -2.40. The molecule has 0 aromatic heterocycles. The lowest BCUT2D eigenvalue weighted by molar-refractivity contribution is -0.150. The van der Waals surface area contributed by atoms with Gasteiger partial charge in [0.1, 0.15) is 12.6 Å². The number of hydrogen-bond acceptors (Lipinski definition) is 4. The van der Waals surface area contributed by atoms with Crippen molar-refractivity contribution in [2.24, 2.45) is 0 Å². The van der Waals surface area contributed by atoms with Crippen LogP contribution in [-0.2, 0) is 20.8 Å². The number of benzene rings is 1. The van der Waals surface area contributed by atoms with Gasteiger partial charge in [0.2, 0.25) is 11.8 Å². The molecule has 2 atom stereocenters. The van der Waals surface area contributed by atoms with Crippen LogP contribution in [0.1, 0.15) is 50.5 Å². The Labute approximate surface area is 171 Å². The number of carboxylic acids is 1. The zero-order valence-electron chi connectivity index (χ0n) is 16.0. The molecule has 6 nitrogen and oxygen atoms in total. The maximum atomic E-state index is 13.2. The molecule has 1 aromatic carbocycles. The smallest absolute Gasteiger partial charge is 0.323 e. The number of amides is 2. The standard InChI is InChI=1S/C21H28N2O4S/c24-18(25)14-23-20(27)16(9-6-12-21(23)10-4-5-11-21)22-19(26)17(28)13-15-7-2-1-3-8-15/h1-3,7-8,16-17,28H,4-6,9-14H2,(H,22,26)(H,24,25). The second-order valence-corrected chi connectivity index (χ2v) is 8.53. The average Bonchev–Trinajstić information content (AvgIpc) is 3.10. The Hall–Kier alpha value is -2.02. The van der Waals surface area contributed by atoms with Crippen LogP contribution in [0.25, 0.3) is 0 Å². The van der Waals surface area contributed by atoms with E-state index in [1.807, 2.05) is 30.3 Å². The number of nitrogens with zero attached hydrogens (tertiary/aromatic N) is 1. The third-order valence-electron chi connectivity index (χ3n) is 5.99. The van der Waals surface area contributed by atoms with Gasteiger partial charge in [0, 0.05) is 5.54 Å². The highest BCUT2D eigenvalue weighted by Gasteiger charge is 2.46. The number of hydrogen-bond donors (Lipinski definition) is 3. The number of rotatable bonds is 6. The van der Waals surface area contributed by atoms with E-state index in [0.717, 1.165) is 44.1 Å². The van der Waals surface area contributed by atoms with Crippen LogP contribution in [0.5, 0.6) is 0 Å². The summed E-state index contributed by atoms with van der Waals surface area (Å²) in [5.41, 5.74) is 0.640. The third-order valence-corrected chi connectivity index (χ3v) is 6.41. The highest BCUT2D eigenvalue weighted by atomic mass is 32.1. The first-order valence-electron chi connectivity index (χ1n) is 9.97. The van der Waals surface area contributed by atoms with E-state index in [1.165, 1.54) is 4.90 Å². The number of likely N-dealkylation sites (tertiary alicyclic amines) is 1. The zero-order valence-corrected chi connectivity index (χ0v) is 16.9. The van der Waals surface area contributed by atoms with Crippen LogP contribution in [0.3, 0.4) is 0 Å². The molecular formula is C21H28N2O4S. The Bertz CT molecular complexity index is 718. The Morgan fingerprint density at radius 1 is 1.18 bits per heavy atom. The molecule has 1 heterocycles. The van der Waals surface area contributed by atoms with Gasteiger partial charge < -0.3 is 15.3 Å². The summed E-state index contributed by atoms with van der Waals surface area (Å²) in [4.78, 5) is 38.8. The zero-order chi connectivity index (χ0) is 20.1. The molecular weight excluding hydrogens is 376 g/mol. The normalized spacial score (nSPS) is 22.7. The van der Waals surface area contributed by atoms with Crippen molar-refractivity contribution in [2.45, 2.75) is 68.2 Å². The first-order chi connectivity index (χ1) is 13.4. The lowest BCUT2D eigenvalue weighted by Crippen LogP contribution is -2.57. The minimum Gasteiger partial charge on any atom is -0.480 e. The van der Waals surface area contributed by atoms with Crippen molar-refractivity contribution in [3.63, 3.8) is 0 Å². The number of aliphatic carboxylic acids is 1. The van der Waals surface area contributed by atoms with Gasteiger partial charge in [-0.05, 0) is 44.1 Å². The topological polar surface area (TPSA) is 86.7 Å². The molecule has 1 aliphatic heterocycles. The van der Waals surface area contributed by atoms with E-state index in [-0.39, 0.29) is 23.9 Å². The van der Waals surface area contributed by atoms with Crippen molar-refractivity contribution in [3.05, 3.63) is 35.9 Å². The summed E-state index contributed by atoms with van der Waals surface area (Å²) in [5, 5.41) is 11.6. The largest absolute Gasteiger partial charge is 0.480 e. The molecule has 1 aliphatic carbocycles. The van der Waals surface area contributed by atoms with E-state index in [2.05, 4.69) is 17.9 Å². The molecule has 1 saturated heterocycles. The van der Waals surface area contributed by atoms with Crippen molar-refractivity contribution in [2.75, 3.05) is 6.54 Å². The van der Waals surface area contributed by atoms with Crippen molar-refractivity contribution < 1.29 is 19.5 Å².